The summed E-state index contributed by atoms with van der Waals surface area (Å²) in [6.45, 7) is -1.33. The van der Waals surface area contributed by atoms with Crippen LogP contribution in [0.25, 0.3) is 0 Å². The average molecular weight is 287 g/mol. The van der Waals surface area contributed by atoms with Crippen LogP contribution in [0, 0.1) is 0 Å². The molecule has 1 aromatic rings. The number of benzene rings is 1. The molecule has 1 aromatic carbocycles. The summed E-state index contributed by atoms with van der Waals surface area (Å²) >= 11 is 0. The van der Waals surface area contributed by atoms with Gasteiger partial charge in [-0.05, 0) is 6.07 Å². The van der Waals surface area contributed by atoms with E-state index in [-0.39, 0.29) is 6.42 Å². The van der Waals surface area contributed by atoms with Crippen LogP contribution in [0.4, 0.5) is 13.2 Å². The van der Waals surface area contributed by atoms with Gasteiger partial charge in [-0.15, -0.1) is 0 Å². The molecule has 2 rings (SSSR count). The first kappa shape index (κ1) is 14.4. The molecule has 0 fully saturated rings. The van der Waals surface area contributed by atoms with E-state index in [0.717, 1.165) is 7.05 Å². The summed E-state index contributed by atoms with van der Waals surface area (Å²) in [6, 6.07) is 6.52. The maximum atomic E-state index is 12.2. The Balaban J connectivity index is 2.05. The van der Waals surface area contributed by atoms with Gasteiger partial charge in [0.2, 0.25) is 5.91 Å². The van der Waals surface area contributed by atoms with E-state index in [2.05, 4.69) is 0 Å². The molecule has 0 unspecified atom stereocenters. The molecular weight excluding hydrogens is 275 g/mol. The third kappa shape index (κ3) is 3.09. The van der Waals surface area contributed by atoms with Crippen molar-refractivity contribution in [2.24, 2.45) is 0 Å². The lowest BCUT2D eigenvalue weighted by atomic mass is 10.0. The molecule has 0 N–H and O–H groups in total. The van der Waals surface area contributed by atoms with Crippen molar-refractivity contribution < 1.29 is 27.5 Å². The minimum Gasteiger partial charge on any atom is -0.453 e. The second-order valence-electron chi connectivity index (χ2n) is 4.55. The first-order chi connectivity index (χ1) is 9.28. The Labute approximate surface area is 113 Å². The number of hydrogen-bond acceptors (Lipinski definition) is 3. The third-order valence-corrected chi connectivity index (χ3v) is 2.98. The van der Waals surface area contributed by atoms with E-state index in [1.54, 1.807) is 24.3 Å². The number of carbonyl (C=O) groups is 2. The standard InChI is InChI=1S/C13H12F3NO3/c1-17(7-13(14,15)16)11(18)6-10-8-4-2-3-5-9(8)12(19)20-10/h2-5,10H,6-7H2,1H3/t10-/m0/s1. The van der Waals surface area contributed by atoms with Crippen LogP contribution in [0.15, 0.2) is 24.3 Å². The van der Waals surface area contributed by atoms with Crippen molar-refractivity contribution in [3.05, 3.63) is 35.4 Å². The molecule has 1 aliphatic rings. The van der Waals surface area contributed by atoms with Gasteiger partial charge in [-0.25, -0.2) is 4.79 Å². The molecule has 0 aromatic heterocycles. The molecule has 1 heterocycles. The van der Waals surface area contributed by atoms with E-state index < -0.39 is 30.7 Å². The molecule has 0 saturated carbocycles. The predicted molar refractivity (Wildman–Crippen MR) is 62.9 cm³/mol. The predicted octanol–water partition coefficient (Wildman–Crippen LogP) is 2.31. The van der Waals surface area contributed by atoms with Gasteiger partial charge in [-0.3, -0.25) is 4.79 Å². The van der Waals surface area contributed by atoms with Crippen molar-refractivity contribution in [3.63, 3.8) is 0 Å². The fourth-order valence-corrected chi connectivity index (χ4v) is 2.04. The van der Waals surface area contributed by atoms with Gasteiger partial charge in [0, 0.05) is 12.6 Å². The van der Waals surface area contributed by atoms with Gasteiger partial charge in [-0.2, -0.15) is 13.2 Å². The van der Waals surface area contributed by atoms with Crippen LogP contribution in [0.1, 0.15) is 28.4 Å². The van der Waals surface area contributed by atoms with Crippen LogP contribution < -0.4 is 0 Å². The van der Waals surface area contributed by atoms with E-state index in [9.17, 15) is 22.8 Å². The Bertz CT molecular complexity index is 542. The Hall–Kier alpha value is -2.05. The molecular formula is C13H12F3NO3. The summed E-state index contributed by atoms with van der Waals surface area (Å²) in [5.74, 6) is -1.28. The molecule has 108 valence electrons. The van der Waals surface area contributed by atoms with E-state index in [1.807, 2.05) is 0 Å². The summed E-state index contributed by atoms with van der Waals surface area (Å²) in [6.07, 6.45) is -5.56. The lowest BCUT2D eigenvalue weighted by molar-refractivity contribution is -0.159. The number of alkyl halides is 3. The van der Waals surface area contributed by atoms with Crippen molar-refractivity contribution in [3.8, 4) is 0 Å². The van der Waals surface area contributed by atoms with Gasteiger partial charge in [0.05, 0.1) is 12.0 Å². The molecule has 0 spiro atoms. The van der Waals surface area contributed by atoms with Crippen LogP contribution >= 0.6 is 0 Å². The molecule has 1 amide bonds. The second kappa shape index (κ2) is 5.15. The van der Waals surface area contributed by atoms with Crippen molar-refractivity contribution in [1.29, 1.82) is 0 Å². The Morgan fingerprint density at radius 1 is 1.35 bits per heavy atom. The van der Waals surface area contributed by atoms with Gasteiger partial charge in [0.25, 0.3) is 0 Å². The number of fused-ring (bicyclic) bond motifs is 1. The van der Waals surface area contributed by atoms with E-state index in [1.165, 1.54) is 0 Å². The number of amides is 1. The highest BCUT2D eigenvalue weighted by Crippen LogP contribution is 2.33. The van der Waals surface area contributed by atoms with Gasteiger partial charge in [0.1, 0.15) is 12.6 Å². The summed E-state index contributed by atoms with van der Waals surface area (Å²) < 4.78 is 41.6. The van der Waals surface area contributed by atoms with Gasteiger partial charge < -0.3 is 9.64 Å². The quantitative estimate of drug-likeness (QED) is 0.801. The molecule has 0 bridgehead atoms. The van der Waals surface area contributed by atoms with Crippen molar-refractivity contribution >= 4 is 11.9 Å². The highest BCUT2D eigenvalue weighted by atomic mass is 19.4. The first-order valence-electron chi connectivity index (χ1n) is 5.88. The summed E-state index contributed by atoms with van der Waals surface area (Å²) in [5, 5.41) is 0. The number of carbonyl (C=O) groups excluding carboxylic acids is 2. The number of halogens is 3. The summed E-state index contributed by atoms with van der Waals surface area (Å²) in [4.78, 5) is 23.8. The van der Waals surface area contributed by atoms with Crippen LogP contribution in [0.3, 0.4) is 0 Å². The number of hydrogen-bond donors (Lipinski definition) is 0. The Morgan fingerprint density at radius 2 is 2.00 bits per heavy atom. The highest BCUT2D eigenvalue weighted by Gasteiger charge is 2.35. The number of nitrogens with zero attached hydrogens (tertiary/aromatic N) is 1. The van der Waals surface area contributed by atoms with Crippen LogP contribution in [0.2, 0.25) is 0 Å². The Morgan fingerprint density at radius 3 is 2.65 bits per heavy atom. The molecule has 7 heteroatoms. The second-order valence-corrected chi connectivity index (χ2v) is 4.55. The first-order valence-corrected chi connectivity index (χ1v) is 5.88. The Kier molecular flexibility index (Phi) is 3.69. The molecule has 0 aliphatic carbocycles. The number of ether oxygens (including phenoxy) is 1. The molecule has 20 heavy (non-hydrogen) atoms. The van der Waals surface area contributed by atoms with E-state index >= 15 is 0 Å². The van der Waals surface area contributed by atoms with Crippen molar-refractivity contribution in [1.82, 2.24) is 4.90 Å². The van der Waals surface area contributed by atoms with Gasteiger partial charge >= 0.3 is 12.1 Å². The topological polar surface area (TPSA) is 46.6 Å². The zero-order chi connectivity index (χ0) is 14.9. The van der Waals surface area contributed by atoms with Crippen LogP contribution in [0.5, 0.6) is 0 Å². The summed E-state index contributed by atoms with van der Waals surface area (Å²) in [5.41, 5.74) is 0.884. The number of esters is 1. The van der Waals surface area contributed by atoms with Gasteiger partial charge in [0.15, 0.2) is 0 Å². The van der Waals surface area contributed by atoms with Crippen LogP contribution in [-0.4, -0.2) is 36.5 Å². The molecule has 1 atom stereocenters. The molecule has 0 radical (unpaired) electrons. The van der Waals surface area contributed by atoms with E-state index in [4.69, 9.17) is 4.74 Å². The fraction of sp³-hybridized carbons (Fsp3) is 0.385. The van der Waals surface area contributed by atoms with E-state index in [0.29, 0.717) is 16.0 Å². The van der Waals surface area contributed by atoms with Gasteiger partial charge in [-0.1, -0.05) is 18.2 Å². The van der Waals surface area contributed by atoms with Crippen molar-refractivity contribution in [2.45, 2.75) is 18.7 Å². The molecule has 1 aliphatic heterocycles. The average Bonchev–Trinajstić information content (AvgIpc) is 2.65. The zero-order valence-electron chi connectivity index (χ0n) is 10.6. The monoisotopic (exact) mass is 287 g/mol. The fourth-order valence-electron chi connectivity index (χ4n) is 2.04. The minimum atomic E-state index is -4.45. The largest absolute Gasteiger partial charge is 0.453 e. The number of rotatable bonds is 3. The molecule has 4 nitrogen and oxygen atoms in total. The van der Waals surface area contributed by atoms with Crippen LogP contribution in [-0.2, 0) is 9.53 Å². The lowest BCUT2D eigenvalue weighted by Crippen LogP contribution is -2.36. The third-order valence-electron chi connectivity index (χ3n) is 2.98. The smallest absolute Gasteiger partial charge is 0.406 e. The minimum absolute atomic E-state index is 0.296. The lowest BCUT2D eigenvalue weighted by Gasteiger charge is -2.20. The van der Waals surface area contributed by atoms with Crippen molar-refractivity contribution in [2.75, 3.05) is 13.6 Å². The SMILES string of the molecule is CN(CC(F)(F)F)C(=O)C[C@@H]1OC(=O)c2ccccc21. The molecule has 0 saturated heterocycles. The highest BCUT2D eigenvalue weighted by molar-refractivity contribution is 5.94. The zero-order valence-corrected chi connectivity index (χ0v) is 10.6. The summed E-state index contributed by atoms with van der Waals surface area (Å²) in [7, 11) is 1.07. The maximum Gasteiger partial charge on any atom is 0.406 e. The maximum absolute atomic E-state index is 12.2. The number of cyclic esters (lactones) is 1. The normalized spacial score (nSPS) is 17.6.